The highest BCUT2D eigenvalue weighted by atomic mass is 32.2. The fraction of sp³-hybridized carbons (Fsp3) is 0.355. The normalized spacial score (nSPS) is 12.9. The van der Waals surface area contributed by atoms with Crippen LogP contribution in [0.25, 0.3) is 0 Å². The first-order valence-corrected chi connectivity index (χ1v) is 14.7. The van der Waals surface area contributed by atoms with Gasteiger partial charge in [0.2, 0.25) is 11.8 Å². The maximum Gasteiger partial charge on any atom is 0.264 e. The van der Waals surface area contributed by atoms with E-state index in [0.29, 0.717) is 5.69 Å². The Morgan fingerprint density at radius 2 is 1.56 bits per heavy atom. The molecule has 3 aromatic carbocycles. The van der Waals surface area contributed by atoms with E-state index < -0.39 is 28.5 Å². The minimum Gasteiger partial charge on any atom is -0.352 e. The fourth-order valence-corrected chi connectivity index (χ4v) is 5.61. The Morgan fingerprint density at radius 1 is 0.872 bits per heavy atom. The van der Waals surface area contributed by atoms with E-state index in [9.17, 15) is 18.0 Å². The average Bonchev–Trinajstić information content (AvgIpc) is 2.91. The van der Waals surface area contributed by atoms with Crippen molar-refractivity contribution in [2.24, 2.45) is 0 Å². The van der Waals surface area contributed by atoms with Gasteiger partial charge < -0.3 is 10.2 Å². The molecule has 208 valence electrons. The lowest BCUT2D eigenvalue weighted by Gasteiger charge is -2.32. The van der Waals surface area contributed by atoms with E-state index in [1.165, 1.54) is 17.0 Å². The molecule has 8 heteroatoms. The van der Waals surface area contributed by atoms with Gasteiger partial charge in [0, 0.05) is 12.6 Å². The van der Waals surface area contributed by atoms with Gasteiger partial charge in [-0.15, -0.1) is 0 Å². The maximum atomic E-state index is 14.0. The molecule has 7 nitrogen and oxygen atoms in total. The van der Waals surface area contributed by atoms with Crippen LogP contribution in [0.1, 0.15) is 49.4 Å². The summed E-state index contributed by atoms with van der Waals surface area (Å²) in [6.07, 6.45) is 0.750. The number of carbonyl (C=O) groups is 2. The van der Waals surface area contributed by atoms with Crippen molar-refractivity contribution in [3.05, 3.63) is 95.1 Å². The van der Waals surface area contributed by atoms with Gasteiger partial charge in [-0.2, -0.15) is 0 Å². The number of nitrogens with one attached hydrogen (secondary N) is 1. The molecule has 0 radical (unpaired) electrons. The molecule has 2 atom stereocenters. The molecular weight excluding hydrogens is 510 g/mol. The summed E-state index contributed by atoms with van der Waals surface area (Å²) in [5.74, 6) is -0.755. The second-order valence-electron chi connectivity index (χ2n) is 10.1. The van der Waals surface area contributed by atoms with Gasteiger partial charge in [0.25, 0.3) is 10.0 Å². The van der Waals surface area contributed by atoms with E-state index in [2.05, 4.69) is 5.32 Å². The molecule has 0 saturated carbocycles. The summed E-state index contributed by atoms with van der Waals surface area (Å²) >= 11 is 0. The van der Waals surface area contributed by atoms with Crippen LogP contribution in [0.2, 0.25) is 0 Å². The van der Waals surface area contributed by atoms with Gasteiger partial charge in [-0.1, -0.05) is 61.0 Å². The molecule has 39 heavy (non-hydrogen) atoms. The van der Waals surface area contributed by atoms with Crippen LogP contribution >= 0.6 is 0 Å². The first-order chi connectivity index (χ1) is 18.4. The summed E-state index contributed by atoms with van der Waals surface area (Å²) in [6, 6.07) is 20.2. The molecule has 0 saturated heterocycles. The molecule has 0 fully saturated rings. The Kier molecular flexibility index (Phi) is 9.92. The van der Waals surface area contributed by atoms with Crippen molar-refractivity contribution in [2.45, 2.75) is 71.5 Å². The van der Waals surface area contributed by atoms with E-state index in [1.807, 2.05) is 65.0 Å². The highest BCUT2D eigenvalue weighted by molar-refractivity contribution is 7.92. The van der Waals surface area contributed by atoms with E-state index in [-0.39, 0.29) is 23.4 Å². The molecule has 1 N–H and O–H groups in total. The van der Waals surface area contributed by atoms with E-state index >= 15 is 0 Å². The third kappa shape index (κ3) is 7.47. The quantitative estimate of drug-likeness (QED) is 0.359. The van der Waals surface area contributed by atoms with Crippen molar-refractivity contribution >= 4 is 27.5 Å². The summed E-state index contributed by atoms with van der Waals surface area (Å²) in [5.41, 5.74) is 4.20. The Labute approximate surface area is 232 Å². The molecule has 0 aliphatic rings. The molecule has 0 aromatic heterocycles. The highest BCUT2D eigenvalue weighted by Gasteiger charge is 2.32. The number of anilines is 1. The molecule has 0 spiro atoms. The van der Waals surface area contributed by atoms with E-state index in [0.717, 1.165) is 33.0 Å². The van der Waals surface area contributed by atoms with Crippen molar-refractivity contribution in [3.63, 3.8) is 0 Å². The van der Waals surface area contributed by atoms with Crippen molar-refractivity contribution in [1.82, 2.24) is 10.2 Å². The molecule has 3 aromatic rings. The predicted octanol–water partition coefficient (Wildman–Crippen LogP) is 5.14. The van der Waals surface area contributed by atoms with Crippen LogP contribution < -0.4 is 9.62 Å². The minimum absolute atomic E-state index is 0.0543. The van der Waals surface area contributed by atoms with Gasteiger partial charge in [-0.3, -0.25) is 13.9 Å². The molecule has 0 bridgehead atoms. The number of amides is 2. The van der Waals surface area contributed by atoms with Crippen LogP contribution in [0.5, 0.6) is 0 Å². The summed E-state index contributed by atoms with van der Waals surface area (Å²) in [7, 11) is -4.08. The van der Waals surface area contributed by atoms with E-state index in [1.54, 1.807) is 37.3 Å². The SMILES string of the molecule is CC[C@H](C)NC(=O)[C@H](C)N(Cc1cccc(C)c1)C(=O)CN(c1ccc(C)c(C)c1)S(=O)(=O)c1ccccc1. The standard InChI is InChI=1S/C31H39N3O4S/c1-7-25(5)32-31(36)26(6)33(20-27-13-11-12-22(2)18-27)30(35)21-34(28-17-16-23(3)24(4)19-28)39(37,38)29-14-9-8-10-15-29/h8-19,25-26H,7,20-21H2,1-6H3,(H,32,36)/t25-,26-/m0/s1. The van der Waals surface area contributed by atoms with Crippen LogP contribution in [0.3, 0.4) is 0 Å². The fourth-order valence-electron chi connectivity index (χ4n) is 4.18. The molecule has 0 unspecified atom stereocenters. The average molecular weight is 550 g/mol. The molecule has 3 rings (SSSR count). The Balaban J connectivity index is 2.04. The lowest BCUT2D eigenvalue weighted by atomic mass is 10.1. The topological polar surface area (TPSA) is 86.8 Å². The van der Waals surface area contributed by atoms with Crippen LogP contribution in [-0.2, 0) is 26.2 Å². The lowest BCUT2D eigenvalue weighted by molar-refractivity contribution is -0.139. The van der Waals surface area contributed by atoms with Crippen LogP contribution in [0.15, 0.2) is 77.7 Å². The number of rotatable bonds is 11. The summed E-state index contributed by atoms with van der Waals surface area (Å²) < 4.78 is 28.8. The highest BCUT2D eigenvalue weighted by Crippen LogP contribution is 2.26. The first kappa shape index (κ1) is 29.9. The van der Waals surface area contributed by atoms with Gasteiger partial charge >= 0.3 is 0 Å². The Morgan fingerprint density at radius 3 is 2.18 bits per heavy atom. The number of benzene rings is 3. The second-order valence-corrected chi connectivity index (χ2v) is 12.0. The van der Waals surface area contributed by atoms with Gasteiger partial charge in [0.05, 0.1) is 10.6 Å². The van der Waals surface area contributed by atoms with Crippen LogP contribution in [0.4, 0.5) is 5.69 Å². The number of hydrogen-bond acceptors (Lipinski definition) is 4. The minimum atomic E-state index is -4.08. The molecule has 2 amide bonds. The Hall–Kier alpha value is -3.65. The third-order valence-electron chi connectivity index (χ3n) is 6.99. The van der Waals surface area contributed by atoms with Crippen molar-refractivity contribution in [2.75, 3.05) is 10.8 Å². The van der Waals surface area contributed by atoms with E-state index in [4.69, 9.17) is 0 Å². The monoisotopic (exact) mass is 549 g/mol. The number of carbonyl (C=O) groups excluding carboxylic acids is 2. The zero-order valence-corrected chi connectivity index (χ0v) is 24.5. The molecule has 0 aliphatic heterocycles. The Bertz CT molecular complexity index is 1410. The smallest absolute Gasteiger partial charge is 0.264 e. The van der Waals surface area contributed by atoms with Crippen LogP contribution in [-0.4, -0.2) is 43.8 Å². The zero-order chi connectivity index (χ0) is 28.7. The van der Waals surface area contributed by atoms with Gasteiger partial charge in [-0.25, -0.2) is 8.42 Å². The second kappa shape index (κ2) is 12.9. The maximum absolute atomic E-state index is 14.0. The third-order valence-corrected chi connectivity index (χ3v) is 8.78. The van der Waals surface area contributed by atoms with Gasteiger partial charge in [-0.05, 0) is 82.0 Å². The molecular formula is C31H39N3O4S. The summed E-state index contributed by atoms with van der Waals surface area (Å²) in [4.78, 5) is 28.7. The zero-order valence-electron chi connectivity index (χ0n) is 23.6. The molecule has 0 heterocycles. The van der Waals surface area contributed by atoms with Crippen LogP contribution in [0, 0.1) is 20.8 Å². The lowest BCUT2D eigenvalue weighted by Crippen LogP contribution is -2.52. The summed E-state index contributed by atoms with van der Waals surface area (Å²) in [6.45, 7) is 11.1. The largest absolute Gasteiger partial charge is 0.352 e. The van der Waals surface area contributed by atoms with Crippen molar-refractivity contribution in [1.29, 1.82) is 0 Å². The number of sulfonamides is 1. The number of aryl methyl sites for hydroxylation is 3. The van der Waals surface area contributed by atoms with Crippen molar-refractivity contribution < 1.29 is 18.0 Å². The van der Waals surface area contributed by atoms with Crippen molar-refractivity contribution in [3.8, 4) is 0 Å². The van der Waals surface area contributed by atoms with Gasteiger partial charge in [0.15, 0.2) is 0 Å². The number of nitrogens with zero attached hydrogens (tertiary/aromatic N) is 2. The first-order valence-electron chi connectivity index (χ1n) is 13.2. The molecule has 0 aliphatic carbocycles. The summed E-state index contributed by atoms with van der Waals surface area (Å²) in [5, 5.41) is 2.95. The predicted molar refractivity (Wildman–Crippen MR) is 156 cm³/mol. The number of hydrogen-bond donors (Lipinski definition) is 1. The van der Waals surface area contributed by atoms with Gasteiger partial charge in [0.1, 0.15) is 12.6 Å².